The monoisotopic (exact) mass is 104 g/mol. The Labute approximate surface area is 39.5 Å². The fraction of sp³-hybridized carbons (Fsp3) is 0.500. The third kappa shape index (κ3) is 4.87. The van der Waals surface area contributed by atoms with Gasteiger partial charge < -0.3 is 0 Å². The molecule has 5 nitrogen and oxygen atoms in total. The number of hydrogen-bond acceptors (Lipinski definition) is 4. The minimum atomic E-state index is -1.03. The first-order valence-electron chi connectivity index (χ1n) is 1.50. The lowest BCUT2D eigenvalue weighted by Gasteiger charge is -1.86. The van der Waals surface area contributed by atoms with E-state index >= 15 is 0 Å². The molecule has 0 aliphatic rings. The highest BCUT2D eigenvalue weighted by Gasteiger charge is 1.91. The Kier molecular flexibility index (Phi) is 1.78. The first-order chi connectivity index (χ1) is 3.13. The Hall–Kier alpha value is -1.13. The van der Waals surface area contributed by atoms with Gasteiger partial charge in [-0.05, 0) is 6.92 Å². The molecule has 0 aliphatic carbocycles. The first-order valence-corrected chi connectivity index (χ1v) is 1.50. The smallest absolute Gasteiger partial charge is 0.283 e. The lowest BCUT2D eigenvalue weighted by molar-refractivity contribution is -0.724. The average molecular weight is 104 g/mol. The largest absolute Gasteiger partial charge is 0.300 e. The lowest BCUT2D eigenvalue weighted by atomic mass is 10.8. The highest BCUT2D eigenvalue weighted by Crippen LogP contribution is 1.73. The predicted octanol–water partition coefficient (Wildman–Crippen LogP) is 0.192. The van der Waals surface area contributed by atoms with Crippen molar-refractivity contribution in [3.05, 3.63) is 10.1 Å². The van der Waals surface area contributed by atoms with Gasteiger partial charge in [0.1, 0.15) is 0 Å². The van der Waals surface area contributed by atoms with Crippen LogP contribution in [-0.4, -0.2) is 11.0 Å². The summed E-state index contributed by atoms with van der Waals surface area (Å²) < 4.78 is 0. The molecule has 5 heteroatoms. The van der Waals surface area contributed by atoms with Crippen molar-refractivity contribution in [2.24, 2.45) is 0 Å². The third-order valence-corrected chi connectivity index (χ3v) is 0.211. The van der Waals surface area contributed by atoms with Gasteiger partial charge in [-0.1, -0.05) is 0 Å². The van der Waals surface area contributed by atoms with E-state index < -0.39 is 11.0 Å². The Balaban J connectivity index is 3.32. The lowest BCUT2D eigenvalue weighted by Crippen LogP contribution is -2.04. The second-order valence-corrected chi connectivity index (χ2v) is 0.871. The molecule has 0 radical (unpaired) electrons. The molecule has 0 unspecified atom stereocenters. The van der Waals surface area contributed by atoms with Gasteiger partial charge in [0.05, 0.1) is 0 Å². The SMILES string of the molecule is CC(=N)O[N+](=O)[O-]. The molecule has 0 bridgehead atoms. The van der Waals surface area contributed by atoms with Crippen LogP contribution >= 0.6 is 0 Å². The van der Waals surface area contributed by atoms with E-state index in [1.807, 2.05) is 0 Å². The molecule has 0 fully saturated rings. The van der Waals surface area contributed by atoms with E-state index in [9.17, 15) is 10.1 Å². The first kappa shape index (κ1) is 5.87. The van der Waals surface area contributed by atoms with Crippen LogP contribution in [-0.2, 0) is 4.84 Å². The Morgan fingerprint density at radius 1 is 2.00 bits per heavy atom. The quantitative estimate of drug-likeness (QED) is 0.223. The maximum atomic E-state index is 9.25. The molecule has 0 aromatic heterocycles. The average Bonchev–Trinajstić information content (AvgIpc) is 1.27. The maximum absolute atomic E-state index is 9.25. The molecule has 0 aromatic carbocycles. The molecule has 0 aliphatic heterocycles. The van der Waals surface area contributed by atoms with Crippen LogP contribution < -0.4 is 0 Å². The molecule has 0 heterocycles. The molecule has 0 saturated heterocycles. The Bertz CT molecular complexity index is 87.1. The van der Waals surface area contributed by atoms with Gasteiger partial charge in [0.15, 0.2) is 5.90 Å². The van der Waals surface area contributed by atoms with Crippen LogP contribution in [0.3, 0.4) is 0 Å². The van der Waals surface area contributed by atoms with Gasteiger partial charge in [-0.15, -0.1) is 10.1 Å². The fourth-order valence-electron chi connectivity index (χ4n) is 0.112. The van der Waals surface area contributed by atoms with E-state index in [1.165, 1.54) is 6.92 Å². The second kappa shape index (κ2) is 2.12. The molecular formula is C2H4N2O3. The molecule has 0 rings (SSSR count). The molecule has 1 N–H and O–H groups in total. The van der Waals surface area contributed by atoms with Crippen LogP contribution in [0.2, 0.25) is 0 Å². The molecule has 0 amide bonds. The van der Waals surface area contributed by atoms with Crippen molar-refractivity contribution < 1.29 is 9.92 Å². The van der Waals surface area contributed by atoms with Gasteiger partial charge in [0.25, 0.3) is 0 Å². The topological polar surface area (TPSA) is 76.2 Å². The van der Waals surface area contributed by atoms with Gasteiger partial charge in [0.2, 0.25) is 0 Å². The minimum Gasteiger partial charge on any atom is -0.283 e. The van der Waals surface area contributed by atoms with E-state index in [1.54, 1.807) is 0 Å². The summed E-state index contributed by atoms with van der Waals surface area (Å²) in [5, 5.41) is 14.6. The van der Waals surface area contributed by atoms with Crippen molar-refractivity contribution in [1.82, 2.24) is 0 Å². The van der Waals surface area contributed by atoms with Crippen molar-refractivity contribution in [2.75, 3.05) is 0 Å². The van der Waals surface area contributed by atoms with Gasteiger partial charge in [0, 0.05) is 0 Å². The molecular weight excluding hydrogens is 100 g/mol. The number of rotatable bonds is 1. The van der Waals surface area contributed by atoms with E-state index in [0.29, 0.717) is 0 Å². The summed E-state index contributed by atoms with van der Waals surface area (Å²) in [4.78, 5) is 12.8. The number of nitrogens with one attached hydrogen (secondary N) is 1. The van der Waals surface area contributed by atoms with E-state index in [2.05, 4.69) is 4.84 Å². The number of nitrogens with zero attached hydrogens (tertiary/aromatic N) is 1. The van der Waals surface area contributed by atoms with Crippen LogP contribution in [0.15, 0.2) is 0 Å². The summed E-state index contributed by atoms with van der Waals surface area (Å²) >= 11 is 0. The van der Waals surface area contributed by atoms with E-state index in [4.69, 9.17) is 5.41 Å². The van der Waals surface area contributed by atoms with Crippen LogP contribution in [0.5, 0.6) is 0 Å². The van der Waals surface area contributed by atoms with Gasteiger partial charge in [-0.2, -0.15) is 0 Å². The van der Waals surface area contributed by atoms with Crippen molar-refractivity contribution >= 4 is 5.90 Å². The summed E-state index contributed by atoms with van der Waals surface area (Å²) in [5.74, 6) is -0.412. The fourth-order valence-corrected chi connectivity index (χ4v) is 0.112. The molecule has 40 valence electrons. The molecule has 0 atom stereocenters. The Morgan fingerprint density at radius 2 is 2.43 bits per heavy atom. The van der Waals surface area contributed by atoms with Gasteiger partial charge >= 0.3 is 5.09 Å². The molecule has 0 saturated carbocycles. The van der Waals surface area contributed by atoms with Crippen LogP contribution in [0.1, 0.15) is 6.92 Å². The summed E-state index contributed by atoms with van der Waals surface area (Å²) in [5.41, 5.74) is 0. The minimum absolute atomic E-state index is 0.412. The van der Waals surface area contributed by atoms with Gasteiger partial charge in [-0.25, -0.2) is 0 Å². The van der Waals surface area contributed by atoms with Crippen molar-refractivity contribution in [1.29, 1.82) is 5.41 Å². The maximum Gasteiger partial charge on any atom is 0.300 e. The van der Waals surface area contributed by atoms with Crippen molar-refractivity contribution in [3.8, 4) is 0 Å². The predicted molar refractivity (Wildman–Crippen MR) is 21.5 cm³/mol. The zero-order valence-electron chi connectivity index (χ0n) is 3.67. The van der Waals surface area contributed by atoms with E-state index in [-0.39, 0.29) is 0 Å². The second-order valence-electron chi connectivity index (χ2n) is 0.871. The zero-order valence-corrected chi connectivity index (χ0v) is 3.67. The highest BCUT2D eigenvalue weighted by molar-refractivity contribution is 5.68. The molecule has 0 aromatic rings. The standard InChI is InChI=1S/C2H4N2O3/c1-2(3)7-4(5)6/h3H,1H3. The summed E-state index contributed by atoms with van der Waals surface area (Å²) in [6.07, 6.45) is 0. The summed E-state index contributed by atoms with van der Waals surface area (Å²) in [7, 11) is 0. The summed E-state index contributed by atoms with van der Waals surface area (Å²) in [6.45, 7) is 1.18. The normalized spacial score (nSPS) is 7.57. The summed E-state index contributed by atoms with van der Waals surface area (Å²) in [6, 6.07) is 0. The highest BCUT2D eigenvalue weighted by atomic mass is 17.0. The Morgan fingerprint density at radius 3 is 2.43 bits per heavy atom. The zero-order chi connectivity index (χ0) is 5.86. The molecule has 7 heavy (non-hydrogen) atoms. The van der Waals surface area contributed by atoms with Crippen LogP contribution in [0, 0.1) is 15.5 Å². The number of hydrogen-bond donors (Lipinski definition) is 1. The van der Waals surface area contributed by atoms with Gasteiger partial charge in [-0.3, -0.25) is 10.2 Å². The van der Waals surface area contributed by atoms with Crippen LogP contribution in [0.4, 0.5) is 0 Å². The molecule has 0 spiro atoms. The van der Waals surface area contributed by atoms with Crippen molar-refractivity contribution in [2.45, 2.75) is 6.92 Å². The van der Waals surface area contributed by atoms with E-state index in [0.717, 1.165) is 0 Å². The van der Waals surface area contributed by atoms with Crippen LogP contribution in [0.25, 0.3) is 0 Å². The third-order valence-electron chi connectivity index (χ3n) is 0.211. The van der Waals surface area contributed by atoms with Crippen molar-refractivity contribution in [3.63, 3.8) is 0 Å².